The monoisotopic (exact) mass is 497 g/mol. The van der Waals surface area contributed by atoms with Crippen LogP contribution in [0.4, 0.5) is 17.3 Å². The SMILES string of the molecule is Cc1cc(C(=O)Nc2cc(NC(=O)c3cccc(C(C)(C)C#N)c3)ccc2C)nc(N2CCNCC2)n1. The van der Waals surface area contributed by atoms with Crippen molar-refractivity contribution in [3.63, 3.8) is 0 Å². The molecule has 3 N–H and O–H groups in total. The molecule has 2 aromatic carbocycles. The highest BCUT2D eigenvalue weighted by Gasteiger charge is 2.21. The van der Waals surface area contributed by atoms with Crippen molar-refractivity contribution >= 4 is 29.1 Å². The van der Waals surface area contributed by atoms with Gasteiger partial charge in [0.1, 0.15) is 5.69 Å². The second-order valence-electron chi connectivity index (χ2n) is 9.69. The molecule has 0 atom stereocenters. The van der Waals surface area contributed by atoms with E-state index < -0.39 is 5.41 Å². The van der Waals surface area contributed by atoms with E-state index in [9.17, 15) is 14.9 Å². The second-order valence-corrected chi connectivity index (χ2v) is 9.69. The maximum absolute atomic E-state index is 13.1. The van der Waals surface area contributed by atoms with E-state index in [1.165, 1.54) is 0 Å². The Balaban J connectivity index is 1.51. The van der Waals surface area contributed by atoms with Gasteiger partial charge in [-0.2, -0.15) is 5.26 Å². The predicted octanol–water partition coefficient (Wildman–Crippen LogP) is 3.81. The number of hydrogen-bond acceptors (Lipinski definition) is 7. The predicted molar refractivity (Wildman–Crippen MR) is 144 cm³/mol. The average molecular weight is 498 g/mol. The first-order valence-electron chi connectivity index (χ1n) is 12.2. The lowest BCUT2D eigenvalue weighted by Gasteiger charge is -2.27. The Labute approximate surface area is 216 Å². The normalized spacial score (nSPS) is 13.5. The minimum Gasteiger partial charge on any atom is -0.338 e. The van der Waals surface area contributed by atoms with Crippen LogP contribution >= 0.6 is 0 Å². The molecular weight excluding hydrogens is 466 g/mol. The van der Waals surface area contributed by atoms with Crippen LogP contribution in [0, 0.1) is 25.2 Å². The summed E-state index contributed by atoms with van der Waals surface area (Å²) in [5.41, 5.74) is 3.46. The Morgan fingerprint density at radius 1 is 1.00 bits per heavy atom. The van der Waals surface area contributed by atoms with Gasteiger partial charge in [-0.15, -0.1) is 0 Å². The van der Waals surface area contributed by atoms with E-state index in [1.807, 2.05) is 39.8 Å². The van der Waals surface area contributed by atoms with Gasteiger partial charge < -0.3 is 20.9 Å². The summed E-state index contributed by atoms with van der Waals surface area (Å²) in [6.07, 6.45) is 0. The fourth-order valence-electron chi connectivity index (χ4n) is 4.01. The van der Waals surface area contributed by atoms with Crippen LogP contribution in [0.3, 0.4) is 0 Å². The number of nitrogens with one attached hydrogen (secondary N) is 3. The van der Waals surface area contributed by atoms with Crippen LogP contribution in [0.1, 0.15) is 51.5 Å². The van der Waals surface area contributed by atoms with E-state index in [2.05, 4.69) is 36.9 Å². The van der Waals surface area contributed by atoms with Crippen molar-refractivity contribution in [2.75, 3.05) is 41.7 Å². The molecule has 9 nitrogen and oxygen atoms in total. The molecule has 0 unspecified atom stereocenters. The van der Waals surface area contributed by atoms with Gasteiger partial charge in [-0.25, -0.2) is 9.97 Å². The standard InChI is InChI=1S/C28H31N7O2/c1-18-8-9-22(32-25(36)20-6-5-7-21(15-20)28(3,4)17-29)16-23(18)33-26(37)24-14-19(2)31-27(34-24)35-12-10-30-11-13-35/h5-9,14-16,30H,10-13H2,1-4H3,(H,32,36)(H,33,37). The smallest absolute Gasteiger partial charge is 0.274 e. The summed E-state index contributed by atoms with van der Waals surface area (Å²) in [7, 11) is 0. The molecule has 1 aliphatic rings. The van der Waals surface area contributed by atoms with E-state index in [0.29, 0.717) is 28.6 Å². The van der Waals surface area contributed by atoms with Crippen molar-refractivity contribution in [3.05, 3.63) is 76.6 Å². The van der Waals surface area contributed by atoms with Crippen molar-refractivity contribution in [2.24, 2.45) is 0 Å². The number of carbonyl (C=O) groups excluding carboxylic acids is 2. The summed E-state index contributed by atoms with van der Waals surface area (Å²) in [5.74, 6) is -0.102. The number of aryl methyl sites for hydroxylation is 2. The zero-order valence-corrected chi connectivity index (χ0v) is 21.6. The van der Waals surface area contributed by atoms with E-state index in [1.54, 1.807) is 36.4 Å². The molecule has 0 aliphatic carbocycles. The molecule has 1 aromatic heterocycles. The number of nitriles is 1. The van der Waals surface area contributed by atoms with E-state index in [0.717, 1.165) is 37.3 Å². The van der Waals surface area contributed by atoms with Crippen LogP contribution in [0.5, 0.6) is 0 Å². The molecular formula is C28H31N7O2. The van der Waals surface area contributed by atoms with Crippen LogP contribution in [-0.2, 0) is 5.41 Å². The van der Waals surface area contributed by atoms with Crippen LogP contribution in [0.15, 0.2) is 48.5 Å². The first-order chi connectivity index (χ1) is 17.7. The van der Waals surface area contributed by atoms with Crippen LogP contribution in [0.2, 0.25) is 0 Å². The van der Waals surface area contributed by atoms with E-state index in [4.69, 9.17) is 0 Å². The van der Waals surface area contributed by atoms with Gasteiger partial charge in [0.05, 0.1) is 11.5 Å². The maximum Gasteiger partial charge on any atom is 0.274 e. The molecule has 4 rings (SSSR count). The third kappa shape index (κ3) is 6.11. The molecule has 3 aromatic rings. The van der Waals surface area contributed by atoms with Gasteiger partial charge in [0.25, 0.3) is 11.8 Å². The highest BCUT2D eigenvalue weighted by molar-refractivity contribution is 6.06. The lowest BCUT2D eigenvalue weighted by atomic mass is 9.85. The lowest BCUT2D eigenvalue weighted by molar-refractivity contribution is 0.101. The fraction of sp³-hybridized carbons (Fsp3) is 0.321. The molecule has 1 aliphatic heterocycles. The largest absolute Gasteiger partial charge is 0.338 e. The van der Waals surface area contributed by atoms with Crippen molar-refractivity contribution in [2.45, 2.75) is 33.1 Å². The molecule has 37 heavy (non-hydrogen) atoms. The number of piperazine rings is 1. The molecule has 2 heterocycles. The quantitative estimate of drug-likeness (QED) is 0.473. The topological polar surface area (TPSA) is 123 Å². The van der Waals surface area contributed by atoms with Gasteiger partial charge in [0.2, 0.25) is 5.95 Å². The number of benzene rings is 2. The van der Waals surface area contributed by atoms with E-state index >= 15 is 0 Å². The van der Waals surface area contributed by atoms with Gasteiger partial charge in [0.15, 0.2) is 0 Å². The molecule has 2 amide bonds. The Morgan fingerprint density at radius 2 is 1.76 bits per heavy atom. The number of aromatic nitrogens is 2. The highest BCUT2D eigenvalue weighted by atomic mass is 16.2. The summed E-state index contributed by atoms with van der Waals surface area (Å²) in [6.45, 7) is 10.6. The minimum atomic E-state index is -0.707. The Kier molecular flexibility index (Phi) is 7.50. The van der Waals surface area contributed by atoms with Crippen molar-refractivity contribution in [3.8, 4) is 6.07 Å². The highest BCUT2D eigenvalue weighted by Crippen LogP contribution is 2.25. The molecule has 9 heteroatoms. The summed E-state index contributed by atoms with van der Waals surface area (Å²) in [4.78, 5) is 37.1. The Morgan fingerprint density at radius 3 is 2.49 bits per heavy atom. The summed E-state index contributed by atoms with van der Waals surface area (Å²) in [6, 6.07) is 16.3. The van der Waals surface area contributed by atoms with Crippen LogP contribution in [-0.4, -0.2) is 48.0 Å². The van der Waals surface area contributed by atoms with Crippen molar-refractivity contribution < 1.29 is 9.59 Å². The second kappa shape index (κ2) is 10.8. The van der Waals surface area contributed by atoms with Crippen molar-refractivity contribution in [1.29, 1.82) is 5.26 Å². The minimum absolute atomic E-state index is 0.284. The molecule has 0 radical (unpaired) electrons. The van der Waals surface area contributed by atoms with Crippen molar-refractivity contribution in [1.82, 2.24) is 15.3 Å². The first-order valence-corrected chi connectivity index (χ1v) is 12.2. The first kappa shape index (κ1) is 25.8. The summed E-state index contributed by atoms with van der Waals surface area (Å²) >= 11 is 0. The van der Waals surface area contributed by atoms with Gasteiger partial charge in [-0.3, -0.25) is 9.59 Å². The van der Waals surface area contributed by atoms with Gasteiger partial charge >= 0.3 is 0 Å². The average Bonchev–Trinajstić information content (AvgIpc) is 2.90. The van der Waals surface area contributed by atoms with Crippen LogP contribution in [0.25, 0.3) is 0 Å². The Hall–Kier alpha value is -4.29. The number of nitrogens with zero attached hydrogens (tertiary/aromatic N) is 4. The lowest BCUT2D eigenvalue weighted by Crippen LogP contribution is -2.44. The number of rotatable bonds is 6. The van der Waals surface area contributed by atoms with Gasteiger partial charge in [-0.05, 0) is 69.2 Å². The molecule has 0 saturated carbocycles. The fourth-order valence-corrected chi connectivity index (χ4v) is 4.01. The van der Waals surface area contributed by atoms with Crippen LogP contribution < -0.4 is 20.9 Å². The number of anilines is 3. The number of hydrogen-bond donors (Lipinski definition) is 3. The molecule has 1 fully saturated rings. The maximum atomic E-state index is 13.1. The van der Waals surface area contributed by atoms with Gasteiger partial charge in [-0.1, -0.05) is 18.2 Å². The molecule has 0 spiro atoms. The summed E-state index contributed by atoms with van der Waals surface area (Å²) < 4.78 is 0. The molecule has 1 saturated heterocycles. The molecule has 0 bridgehead atoms. The van der Waals surface area contributed by atoms with E-state index in [-0.39, 0.29) is 17.5 Å². The zero-order valence-electron chi connectivity index (χ0n) is 21.6. The number of amides is 2. The third-order valence-electron chi connectivity index (χ3n) is 6.34. The Bertz CT molecular complexity index is 1370. The summed E-state index contributed by atoms with van der Waals surface area (Å²) in [5, 5.41) is 18.5. The zero-order chi connectivity index (χ0) is 26.6. The number of carbonyl (C=O) groups is 2. The molecule has 190 valence electrons. The third-order valence-corrected chi connectivity index (χ3v) is 6.34. The van der Waals surface area contributed by atoms with Gasteiger partial charge in [0, 0.05) is 48.8 Å².